The van der Waals surface area contributed by atoms with Crippen molar-refractivity contribution in [2.24, 2.45) is 17.8 Å². The van der Waals surface area contributed by atoms with Crippen LogP contribution in [0.1, 0.15) is 23.4 Å². The molecule has 1 saturated heterocycles. The molecule has 1 saturated carbocycles. The molecule has 8 nitrogen and oxygen atoms in total. The Labute approximate surface area is 167 Å². The number of furan rings is 1. The molecule has 2 heterocycles. The van der Waals surface area contributed by atoms with E-state index >= 15 is 0 Å². The third kappa shape index (κ3) is 4.42. The van der Waals surface area contributed by atoms with Crippen LogP contribution in [0.15, 0.2) is 47.1 Å². The van der Waals surface area contributed by atoms with Crippen LogP contribution >= 0.6 is 0 Å². The maximum absolute atomic E-state index is 12.5. The first-order valence-corrected chi connectivity index (χ1v) is 9.59. The molecular weight excluding hydrogens is 376 g/mol. The first-order valence-electron chi connectivity index (χ1n) is 9.59. The molecule has 1 aromatic heterocycles. The van der Waals surface area contributed by atoms with Gasteiger partial charge in [-0.1, -0.05) is 6.07 Å². The van der Waals surface area contributed by atoms with Crippen molar-refractivity contribution in [3.05, 3.63) is 48.4 Å². The lowest BCUT2D eigenvalue weighted by Crippen LogP contribution is -2.33. The van der Waals surface area contributed by atoms with Crippen LogP contribution in [0, 0.1) is 17.8 Å². The smallest absolute Gasteiger partial charge is 0.308 e. The zero-order valence-corrected chi connectivity index (χ0v) is 15.7. The lowest BCUT2D eigenvalue weighted by molar-refractivity contribution is -0.142. The molecule has 0 radical (unpaired) electrons. The van der Waals surface area contributed by atoms with E-state index in [4.69, 9.17) is 9.15 Å². The topological polar surface area (TPSA) is 109 Å². The summed E-state index contributed by atoms with van der Waals surface area (Å²) in [6.45, 7) is 0.528. The minimum Gasteiger partial charge on any atom is -0.484 e. The predicted molar refractivity (Wildman–Crippen MR) is 103 cm³/mol. The molecule has 0 spiro atoms. The molecular formula is C21H22N2O6. The lowest BCUT2D eigenvalue weighted by atomic mass is 9.92. The Morgan fingerprint density at radius 1 is 1.17 bits per heavy atom. The Morgan fingerprint density at radius 3 is 2.69 bits per heavy atom. The maximum Gasteiger partial charge on any atom is 0.308 e. The highest BCUT2D eigenvalue weighted by Gasteiger charge is 2.46. The summed E-state index contributed by atoms with van der Waals surface area (Å²) in [5, 5.41) is 12.1. The van der Waals surface area contributed by atoms with Crippen LogP contribution in [0.25, 0.3) is 0 Å². The largest absolute Gasteiger partial charge is 0.484 e. The SMILES string of the molecule is O=C(Nc1cccc(OCC(=O)N2C[C@H](C(=O)O)[C@@H](C3CC3)C2)c1)c1ccco1. The monoisotopic (exact) mass is 398 g/mol. The third-order valence-corrected chi connectivity index (χ3v) is 5.46. The van der Waals surface area contributed by atoms with E-state index in [-0.39, 0.29) is 36.6 Å². The van der Waals surface area contributed by atoms with Gasteiger partial charge in [-0.3, -0.25) is 14.4 Å². The van der Waals surface area contributed by atoms with Gasteiger partial charge in [-0.25, -0.2) is 0 Å². The molecule has 2 fully saturated rings. The highest BCUT2D eigenvalue weighted by molar-refractivity contribution is 6.02. The highest BCUT2D eigenvalue weighted by Crippen LogP contribution is 2.44. The standard InChI is InChI=1S/C21H22N2O6/c24-19(23-10-16(13-6-7-13)17(11-23)21(26)27)12-29-15-4-1-3-14(9-15)22-20(25)18-5-2-8-28-18/h1-5,8-9,13,16-17H,6-7,10-12H2,(H,22,25)(H,26,27)/t16-,17+/m1/s1. The van der Waals surface area contributed by atoms with Crippen molar-refractivity contribution in [1.82, 2.24) is 4.90 Å². The number of benzene rings is 1. The summed E-state index contributed by atoms with van der Waals surface area (Å²) in [6.07, 6.45) is 3.51. The number of nitrogens with one attached hydrogen (secondary N) is 1. The first kappa shape index (κ1) is 19.0. The minimum atomic E-state index is -0.835. The summed E-state index contributed by atoms with van der Waals surface area (Å²) >= 11 is 0. The number of carboxylic acid groups (broad SMARTS) is 1. The molecule has 2 aliphatic rings. The Bertz CT molecular complexity index is 906. The number of hydrogen-bond donors (Lipinski definition) is 2. The number of nitrogens with zero attached hydrogens (tertiary/aromatic N) is 1. The van der Waals surface area contributed by atoms with E-state index in [2.05, 4.69) is 5.32 Å². The average molecular weight is 398 g/mol. The quantitative estimate of drug-likeness (QED) is 0.742. The number of likely N-dealkylation sites (tertiary alicyclic amines) is 1. The normalized spacial score (nSPS) is 21.0. The molecule has 1 aromatic carbocycles. The number of rotatable bonds is 7. The number of carbonyl (C=O) groups excluding carboxylic acids is 2. The number of ether oxygens (including phenoxy) is 1. The predicted octanol–water partition coefficient (Wildman–Crippen LogP) is 2.48. The Morgan fingerprint density at radius 2 is 2.00 bits per heavy atom. The summed E-state index contributed by atoms with van der Waals surface area (Å²) in [5.74, 6) is -0.858. The van der Waals surface area contributed by atoms with Crippen molar-refractivity contribution in [3.8, 4) is 5.75 Å². The van der Waals surface area contributed by atoms with Gasteiger partial charge in [0.05, 0.1) is 12.2 Å². The van der Waals surface area contributed by atoms with Gasteiger partial charge in [-0.15, -0.1) is 0 Å². The van der Waals surface area contributed by atoms with Gasteiger partial charge in [-0.05, 0) is 48.9 Å². The second kappa shape index (κ2) is 7.98. The van der Waals surface area contributed by atoms with Crippen LogP contribution in [0.5, 0.6) is 5.75 Å². The van der Waals surface area contributed by atoms with Gasteiger partial charge >= 0.3 is 5.97 Å². The summed E-state index contributed by atoms with van der Waals surface area (Å²) in [6, 6.07) is 9.90. The molecule has 2 amide bonds. The number of amides is 2. The van der Waals surface area contributed by atoms with Crippen molar-refractivity contribution >= 4 is 23.5 Å². The lowest BCUT2D eigenvalue weighted by Gasteiger charge is -2.17. The third-order valence-electron chi connectivity index (χ3n) is 5.46. The van der Waals surface area contributed by atoms with E-state index in [0.717, 1.165) is 12.8 Å². The number of anilines is 1. The van der Waals surface area contributed by atoms with Gasteiger partial charge in [0.25, 0.3) is 11.8 Å². The van der Waals surface area contributed by atoms with Crippen LogP contribution in [0.4, 0.5) is 5.69 Å². The fourth-order valence-corrected chi connectivity index (χ4v) is 3.80. The maximum atomic E-state index is 12.5. The number of carbonyl (C=O) groups is 3. The molecule has 2 atom stereocenters. The van der Waals surface area contributed by atoms with Gasteiger partial charge in [0.15, 0.2) is 12.4 Å². The molecule has 8 heteroatoms. The summed E-state index contributed by atoms with van der Waals surface area (Å²) in [5.41, 5.74) is 0.511. The van der Waals surface area contributed by atoms with Gasteiger partial charge < -0.3 is 24.5 Å². The molecule has 29 heavy (non-hydrogen) atoms. The van der Waals surface area contributed by atoms with Crippen molar-refractivity contribution in [3.63, 3.8) is 0 Å². The molecule has 1 aliphatic heterocycles. The fraction of sp³-hybridized carbons (Fsp3) is 0.381. The van der Waals surface area contributed by atoms with Crippen molar-refractivity contribution < 1.29 is 28.6 Å². The first-order chi connectivity index (χ1) is 14.0. The van der Waals surface area contributed by atoms with Crippen LogP contribution in [0.3, 0.4) is 0 Å². The molecule has 4 rings (SSSR count). The van der Waals surface area contributed by atoms with E-state index < -0.39 is 11.9 Å². The summed E-state index contributed by atoms with van der Waals surface area (Å²) < 4.78 is 10.6. The second-order valence-electron chi connectivity index (χ2n) is 7.49. The van der Waals surface area contributed by atoms with Gasteiger partial charge in [0, 0.05) is 24.8 Å². The molecule has 0 unspecified atom stereocenters. The molecule has 2 aromatic rings. The van der Waals surface area contributed by atoms with E-state index in [0.29, 0.717) is 23.9 Å². The fourth-order valence-electron chi connectivity index (χ4n) is 3.80. The van der Waals surface area contributed by atoms with Crippen molar-refractivity contribution in [2.75, 3.05) is 25.0 Å². The number of aliphatic carboxylic acids is 1. The van der Waals surface area contributed by atoms with Crippen LogP contribution < -0.4 is 10.1 Å². The van der Waals surface area contributed by atoms with Crippen LogP contribution in [-0.2, 0) is 9.59 Å². The van der Waals surface area contributed by atoms with E-state index in [1.54, 1.807) is 41.3 Å². The zero-order valence-electron chi connectivity index (χ0n) is 15.7. The van der Waals surface area contributed by atoms with E-state index in [1.165, 1.54) is 6.26 Å². The van der Waals surface area contributed by atoms with Crippen LogP contribution in [0.2, 0.25) is 0 Å². The Hall–Kier alpha value is -3.29. The highest BCUT2D eigenvalue weighted by atomic mass is 16.5. The number of carboxylic acids is 1. The van der Waals surface area contributed by atoms with Gasteiger partial charge in [-0.2, -0.15) is 0 Å². The molecule has 152 valence electrons. The van der Waals surface area contributed by atoms with E-state index in [9.17, 15) is 19.5 Å². The van der Waals surface area contributed by atoms with E-state index in [1.807, 2.05) is 0 Å². The minimum absolute atomic E-state index is 0.0385. The second-order valence-corrected chi connectivity index (χ2v) is 7.49. The van der Waals surface area contributed by atoms with Gasteiger partial charge in [0.1, 0.15) is 5.75 Å². The van der Waals surface area contributed by atoms with Crippen molar-refractivity contribution in [1.29, 1.82) is 0 Å². The Kier molecular flexibility index (Phi) is 5.24. The van der Waals surface area contributed by atoms with Gasteiger partial charge in [0.2, 0.25) is 0 Å². The molecule has 2 N–H and O–H groups in total. The van der Waals surface area contributed by atoms with Crippen molar-refractivity contribution in [2.45, 2.75) is 12.8 Å². The molecule has 1 aliphatic carbocycles. The zero-order chi connectivity index (χ0) is 20.4. The van der Waals surface area contributed by atoms with Crippen LogP contribution in [-0.4, -0.2) is 47.5 Å². The molecule has 0 bridgehead atoms. The number of hydrogen-bond acceptors (Lipinski definition) is 5. The summed E-state index contributed by atoms with van der Waals surface area (Å²) in [7, 11) is 0. The summed E-state index contributed by atoms with van der Waals surface area (Å²) in [4.78, 5) is 37.6. The Balaban J connectivity index is 1.32. The average Bonchev–Trinajstić information content (AvgIpc) is 3.21.